The first kappa shape index (κ1) is 31.1. The van der Waals surface area contributed by atoms with Gasteiger partial charge in [0.2, 0.25) is 0 Å². The fourth-order valence-corrected chi connectivity index (χ4v) is 7.04. The van der Waals surface area contributed by atoms with Crippen LogP contribution >= 0.6 is 0 Å². The van der Waals surface area contributed by atoms with E-state index in [4.69, 9.17) is 4.42 Å². The van der Waals surface area contributed by atoms with Gasteiger partial charge >= 0.3 is 0 Å². The van der Waals surface area contributed by atoms with Crippen molar-refractivity contribution in [2.45, 2.75) is 0 Å². The molecule has 0 spiro atoms. The number of para-hydroxylation sites is 2. The minimum atomic E-state index is 0.838. The Morgan fingerprint density at radius 1 is 0.308 bits per heavy atom. The molecule has 8 aromatic carbocycles. The lowest BCUT2D eigenvalue weighted by molar-refractivity contribution is 0.631. The Morgan fingerprint density at radius 2 is 0.712 bits per heavy atom. The molecule has 0 aliphatic heterocycles. The lowest BCUT2D eigenvalue weighted by Crippen LogP contribution is -2.11. The molecule has 0 atom stereocenters. The van der Waals surface area contributed by atoms with E-state index >= 15 is 0 Å². The van der Waals surface area contributed by atoms with Crippen molar-refractivity contribution in [2.24, 2.45) is 0 Å². The fraction of sp³-hybridized carbons (Fsp3) is 0. The minimum Gasteiger partial charge on any atom is -0.456 e. The third kappa shape index (κ3) is 6.19. The molecule has 0 saturated heterocycles. The van der Waals surface area contributed by atoms with Crippen LogP contribution in [0.5, 0.6) is 0 Å². The number of benzene rings is 8. The zero-order valence-electron chi connectivity index (χ0n) is 28.6. The first-order chi connectivity index (χ1) is 25.8. The van der Waals surface area contributed by atoms with Gasteiger partial charge in [-0.25, -0.2) is 0 Å². The van der Waals surface area contributed by atoms with Gasteiger partial charge in [0.25, 0.3) is 0 Å². The van der Waals surface area contributed by atoms with Crippen molar-refractivity contribution < 1.29 is 4.42 Å². The number of hydrogen-bond donors (Lipinski definition) is 0. The number of furan rings is 1. The van der Waals surface area contributed by atoms with Crippen LogP contribution in [-0.2, 0) is 0 Å². The summed E-state index contributed by atoms with van der Waals surface area (Å²) in [7, 11) is 0. The summed E-state index contributed by atoms with van der Waals surface area (Å²) >= 11 is 0. The van der Waals surface area contributed by atoms with Gasteiger partial charge in [-0.1, -0.05) is 146 Å². The second-order valence-corrected chi connectivity index (χ2v) is 13.0. The van der Waals surface area contributed by atoms with Crippen LogP contribution in [0.15, 0.2) is 217 Å². The third-order valence-electron chi connectivity index (χ3n) is 9.67. The van der Waals surface area contributed by atoms with Crippen molar-refractivity contribution in [3.05, 3.63) is 212 Å². The lowest BCUT2D eigenvalue weighted by Gasteiger charge is -2.27. The van der Waals surface area contributed by atoms with Crippen LogP contribution in [0.25, 0.3) is 66.8 Å². The molecule has 2 nitrogen and oxygen atoms in total. The number of rotatable bonds is 8. The highest BCUT2D eigenvalue weighted by Crippen LogP contribution is 2.43. The zero-order valence-corrected chi connectivity index (χ0v) is 28.6. The molecule has 0 fully saturated rings. The summed E-state index contributed by atoms with van der Waals surface area (Å²) < 4.78 is 6.44. The van der Waals surface area contributed by atoms with Gasteiger partial charge in [-0.2, -0.15) is 0 Å². The Bertz CT molecular complexity index is 2500. The molecule has 1 aromatic heterocycles. The molecular weight excluding hydrogens is 631 g/mol. The van der Waals surface area contributed by atoms with Gasteiger partial charge in [0.15, 0.2) is 0 Å². The molecule has 0 aliphatic carbocycles. The van der Waals surface area contributed by atoms with Crippen LogP contribution in [-0.4, -0.2) is 0 Å². The van der Waals surface area contributed by atoms with E-state index in [-0.39, 0.29) is 0 Å². The molecule has 0 amide bonds. The molecule has 9 rings (SSSR count). The molecule has 1 heterocycles. The lowest BCUT2D eigenvalue weighted by atomic mass is 9.93. The highest BCUT2D eigenvalue weighted by atomic mass is 16.3. The van der Waals surface area contributed by atoms with Gasteiger partial charge < -0.3 is 9.32 Å². The van der Waals surface area contributed by atoms with Crippen LogP contribution in [0, 0.1) is 0 Å². The Hall–Kier alpha value is -6.90. The number of anilines is 3. The highest BCUT2D eigenvalue weighted by molar-refractivity contribution is 5.91. The molecule has 0 aliphatic rings. The molecule has 0 bridgehead atoms. The predicted molar refractivity (Wildman–Crippen MR) is 218 cm³/mol. The van der Waals surface area contributed by atoms with Crippen molar-refractivity contribution in [3.8, 4) is 55.8 Å². The second kappa shape index (κ2) is 13.8. The predicted octanol–water partition coefficient (Wildman–Crippen LogP) is 14.2. The van der Waals surface area contributed by atoms with Gasteiger partial charge in [-0.05, 0) is 111 Å². The quantitative estimate of drug-likeness (QED) is 0.161. The molecule has 0 unspecified atom stereocenters. The van der Waals surface area contributed by atoms with Crippen molar-refractivity contribution in [1.29, 1.82) is 0 Å². The van der Waals surface area contributed by atoms with Crippen LogP contribution in [0.4, 0.5) is 17.1 Å². The van der Waals surface area contributed by atoms with Crippen LogP contribution in [0.1, 0.15) is 0 Å². The van der Waals surface area contributed by atoms with E-state index in [9.17, 15) is 0 Å². The summed E-state index contributed by atoms with van der Waals surface area (Å²) in [5.41, 5.74) is 14.6. The largest absolute Gasteiger partial charge is 0.456 e. The minimum absolute atomic E-state index is 0.838. The van der Waals surface area contributed by atoms with Crippen molar-refractivity contribution in [1.82, 2.24) is 0 Å². The maximum atomic E-state index is 6.44. The normalized spacial score (nSPS) is 11.1. The molecule has 0 saturated carbocycles. The van der Waals surface area contributed by atoms with Gasteiger partial charge in [0.1, 0.15) is 11.3 Å². The van der Waals surface area contributed by atoms with E-state index in [2.05, 4.69) is 199 Å². The van der Waals surface area contributed by atoms with E-state index < -0.39 is 0 Å². The van der Waals surface area contributed by atoms with Crippen molar-refractivity contribution in [3.63, 3.8) is 0 Å². The molecule has 246 valence electrons. The van der Waals surface area contributed by atoms with Gasteiger partial charge in [-0.3, -0.25) is 0 Å². The van der Waals surface area contributed by atoms with E-state index in [0.29, 0.717) is 0 Å². The van der Waals surface area contributed by atoms with Gasteiger partial charge in [0.05, 0.1) is 5.69 Å². The average molecular weight is 666 g/mol. The van der Waals surface area contributed by atoms with Crippen LogP contribution < -0.4 is 4.90 Å². The smallest absolute Gasteiger partial charge is 0.137 e. The highest BCUT2D eigenvalue weighted by Gasteiger charge is 2.20. The number of nitrogens with zero attached hydrogens (tertiary/aromatic N) is 1. The maximum absolute atomic E-state index is 6.44. The number of hydrogen-bond acceptors (Lipinski definition) is 2. The summed E-state index contributed by atoms with van der Waals surface area (Å²) in [6.07, 6.45) is 0. The van der Waals surface area contributed by atoms with E-state index in [1.165, 1.54) is 38.9 Å². The summed E-state index contributed by atoms with van der Waals surface area (Å²) in [4.78, 5) is 2.33. The Kier molecular flexibility index (Phi) is 8.24. The molecule has 0 radical (unpaired) electrons. The van der Waals surface area contributed by atoms with Gasteiger partial charge in [0, 0.05) is 22.3 Å². The van der Waals surface area contributed by atoms with E-state index in [1.807, 2.05) is 18.2 Å². The number of fused-ring (bicyclic) bond motifs is 1. The monoisotopic (exact) mass is 665 g/mol. The Labute approximate surface area is 304 Å². The Balaban J connectivity index is 1.16. The average Bonchev–Trinajstić information content (AvgIpc) is 3.67. The zero-order chi connectivity index (χ0) is 34.7. The molecular formula is C50H35NO. The van der Waals surface area contributed by atoms with E-state index in [0.717, 1.165) is 44.9 Å². The third-order valence-corrected chi connectivity index (χ3v) is 9.67. The summed E-state index contributed by atoms with van der Waals surface area (Å²) in [5.74, 6) is 0.838. The van der Waals surface area contributed by atoms with Crippen LogP contribution in [0.3, 0.4) is 0 Å². The van der Waals surface area contributed by atoms with E-state index in [1.54, 1.807) is 0 Å². The van der Waals surface area contributed by atoms with Crippen molar-refractivity contribution in [2.75, 3.05) is 4.90 Å². The molecule has 52 heavy (non-hydrogen) atoms. The first-order valence-corrected chi connectivity index (χ1v) is 17.7. The topological polar surface area (TPSA) is 16.4 Å². The molecule has 0 N–H and O–H groups in total. The van der Waals surface area contributed by atoms with Gasteiger partial charge in [-0.15, -0.1) is 0 Å². The SMILES string of the molecule is c1ccc(-c2ccc(N(c3ccc(-c4cc(-c5ccccc5)cc(-c5ccccc5)c4)cc3)c3ccccc3-c3cc4ccccc4o3)cc2)cc1. The summed E-state index contributed by atoms with van der Waals surface area (Å²) in [6.45, 7) is 0. The summed E-state index contributed by atoms with van der Waals surface area (Å²) in [6, 6.07) is 75.2. The standard InChI is InChI=1S/C50H35NO/c1-4-14-36(15-5-1)39-24-28-45(29-25-39)51(48-22-12-11-21-47(48)50-35-41-20-10-13-23-49(41)52-50)46-30-26-40(27-31-46)44-33-42(37-16-6-2-7-17-37)32-43(34-44)38-18-8-3-9-19-38/h1-35H. The molecule has 9 aromatic rings. The fourth-order valence-electron chi connectivity index (χ4n) is 7.04. The molecule has 2 heteroatoms. The second-order valence-electron chi connectivity index (χ2n) is 13.0. The first-order valence-electron chi connectivity index (χ1n) is 17.7. The van der Waals surface area contributed by atoms with Crippen molar-refractivity contribution >= 4 is 28.0 Å². The Morgan fingerprint density at radius 3 is 1.23 bits per heavy atom. The van der Waals surface area contributed by atoms with Crippen LogP contribution in [0.2, 0.25) is 0 Å². The maximum Gasteiger partial charge on any atom is 0.137 e. The summed E-state index contributed by atoms with van der Waals surface area (Å²) in [5, 5.41) is 1.09.